The smallest absolute Gasteiger partial charge is 0.179 e. The second-order valence-corrected chi connectivity index (χ2v) is 3.78. The van der Waals surface area contributed by atoms with E-state index in [-0.39, 0.29) is 0 Å². The normalized spacial score (nSPS) is 9.50. The van der Waals surface area contributed by atoms with Gasteiger partial charge in [0.25, 0.3) is 0 Å². The fourth-order valence-corrected chi connectivity index (χ4v) is 1.65. The highest BCUT2D eigenvalue weighted by molar-refractivity contribution is 5.50. The van der Waals surface area contributed by atoms with Crippen molar-refractivity contribution < 1.29 is 14.2 Å². The van der Waals surface area contributed by atoms with Crippen molar-refractivity contribution in [2.75, 3.05) is 34.9 Å². The summed E-state index contributed by atoms with van der Waals surface area (Å²) in [5, 5.41) is 8.74. The molecule has 0 spiro atoms. The lowest BCUT2D eigenvalue weighted by Crippen LogP contribution is -2.15. The molecule has 1 rings (SSSR count). The number of likely N-dealkylation sites (N-methyl/N-ethyl adjacent to an activating group) is 1. The summed E-state index contributed by atoms with van der Waals surface area (Å²) in [6, 6.07) is 3.62. The summed E-state index contributed by atoms with van der Waals surface area (Å²) in [4.78, 5) is 1.56. The Morgan fingerprint density at radius 3 is 2.06 bits per heavy atom. The van der Waals surface area contributed by atoms with E-state index in [0.29, 0.717) is 30.2 Å². The number of rotatable bonds is 6. The van der Waals surface area contributed by atoms with Crippen molar-refractivity contribution in [3.05, 3.63) is 17.7 Å². The lowest BCUT2D eigenvalue weighted by Gasteiger charge is -2.16. The van der Waals surface area contributed by atoms with Gasteiger partial charge in [-0.3, -0.25) is 0 Å². The van der Waals surface area contributed by atoms with E-state index >= 15 is 0 Å². The lowest BCUT2D eigenvalue weighted by atomic mass is 10.1. The Morgan fingerprint density at radius 2 is 1.67 bits per heavy atom. The van der Waals surface area contributed by atoms with Gasteiger partial charge in [-0.2, -0.15) is 5.26 Å². The molecule has 1 aromatic rings. The van der Waals surface area contributed by atoms with Crippen molar-refractivity contribution >= 4 is 0 Å². The molecule has 0 fully saturated rings. The fraction of sp³-hybridized carbons (Fsp3) is 0.462. The molecule has 0 amide bonds. The molecule has 18 heavy (non-hydrogen) atoms. The number of methoxy groups -OCH3 is 3. The molecule has 0 saturated heterocycles. The third-order valence-corrected chi connectivity index (χ3v) is 2.69. The first kappa shape index (κ1) is 14.0. The van der Waals surface area contributed by atoms with Gasteiger partial charge >= 0.3 is 0 Å². The molecule has 5 heteroatoms. The summed E-state index contributed by atoms with van der Waals surface area (Å²) in [6.07, 6.45) is 2.73. The van der Waals surface area contributed by atoms with Gasteiger partial charge in [-0.15, -0.1) is 0 Å². The number of hydrogen-bond donors (Lipinski definition) is 0. The van der Waals surface area contributed by atoms with Crippen LogP contribution in [0.4, 0.5) is 0 Å². The van der Waals surface area contributed by atoms with Gasteiger partial charge in [-0.25, -0.2) is 0 Å². The van der Waals surface area contributed by atoms with E-state index in [1.807, 2.05) is 12.1 Å². The molecule has 0 aromatic heterocycles. The number of nitrogens with zero attached hydrogens (tertiary/aromatic N) is 2. The SMILES string of the molecule is COc1cc(OC)c(CCN(C)C#N)c(OC)c1. The standard InChI is InChI=1S/C13H18N2O3/c1-15(9-14)6-5-11-12(17-3)7-10(16-2)8-13(11)18-4/h7-8H,5-6H2,1-4H3. The van der Waals surface area contributed by atoms with Crippen molar-refractivity contribution in [1.29, 1.82) is 5.26 Å². The summed E-state index contributed by atoms with van der Waals surface area (Å²) < 4.78 is 15.8. The fourth-order valence-electron chi connectivity index (χ4n) is 1.65. The predicted octanol–water partition coefficient (Wildman–Crippen LogP) is 1.67. The van der Waals surface area contributed by atoms with E-state index in [2.05, 4.69) is 6.19 Å². The molecule has 98 valence electrons. The summed E-state index contributed by atoms with van der Waals surface area (Å²) in [5.41, 5.74) is 0.933. The Bertz CT molecular complexity index is 415. The van der Waals surface area contributed by atoms with E-state index in [1.165, 1.54) is 0 Å². The quantitative estimate of drug-likeness (QED) is 0.568. The maximum Gasteiger partial charge on any atom is 0.179 e. The summed E-state index contributed by atoms with van der Waals surface area (Å²) in [5.74, 6) is 2.09. The Hall–Kier alpha value is -2.09. The Morgan fingerprint density at radius 1 is 1.11 bits per heavy atom. The molecular weight excluding hydrogens is 232 g/mol. The van der Waals surface area contributed by atoms with Crippen LogP contribution in [-0.4, -0.2) is 39.8 Å². The molecular formula is C13H18N2O3. The second kappa shape index (κ2) is 6.60. The molecule has 5 nitrogen and oxygen atoms in total. The average molecular weight is 250 g/mol. The molecule has 0 aliphatic rings. The van der Waals surface area contributed by atoms with Gasteiger partial charge in [-0.05, 0) is 6.42 Å². The zero-order chi connectivity index (χ0) is 13.5. The Kier molecular flexibility index (Phi) is 5.12. The molecule has 0 radical (unpaired) electrons. The Labute approximate surface area is 107 Å². The van der Waals surface area contributed by atoms with E-state index in [4.69, 9.17) is 19.5 Å². The number of ether oxygens (including phenoxy) is 3. The van der Waals surface area contributed by atoms with E-state index in [9.17, 15) is 0 Å². The highest BCUT2D eigenvalue weighted by Gasteiger charge is 2.13. The van der Waals surface area contributed by atoms with Crippen LogP contribution in [0.15, 0.2) is 12.1 Å². The van der Waals surface area contributed by atoms with Crippen molar-refractivity contribution in [2.24, 2.45) is 0 Å². The zero-order valence-electron chi connectivity index (χ0n) is 11.2. The lowest BCUT2D eigenvalue weighted by molar-refractivity contribution is 0.365. The van der Waals surface area contributed by atoms with Gasteiger partial charge < -0.3 is 19.1 Å². The largest absolute Gasteiger partial charge is 0.496 e. The monoisotopic (exact) mass is 250 g/mol. The molecule has 0 heterocycles. The zero-order valence-corrected chi connectivity index (χ0v) is 11.2. The van der Waals surface area contributed by atoms with E-state index < -0.39 is 0 Å². The van der Waals surface area contributed by atoms with Crippen molar-refractivity contribution in [3.8, 4) is 23.4 Å². The first-order valence-electron chi connectivity index (χ1n) is 5.56. The van der Waals surface area contributed by atoms with Gasteiger partial charge in [-0.1, -0.05) is 0 Å². The topological polar surface area (TPSA) is 54.7 Å². The van der Waals surface area contributed by atoms with Crippen LogP contribution in [0.1, 0.15) is 5.56 Å². The van der Waals surface area contributed by atoms with Crippen LogP contribution in [-0.2, 0) is 6.42 Å². The van der Waals surface area contributed by atoms with Crippen LogP contribution >= 0.6 is 0 Å². The molecule has 0 aliphatic carbocycles. The van der Waals surface area contributed by atoms with Gasteiger partial charge in [0.05, 0.1) is 21.3 Å². The van der Waals surface area contributed by atoms with Crippen LogP contribution in [0.5, 0.6) is 17.2 Å². The highest BCUT2D eigenvalue weighted by atomic mass is 16.5. The summed E-state index contributed by atoms with van der Waals surface area (Å²) >= 11 is 0. The van der Waals surface area contributed by atoms with E-state index in [1.54, 1.807) is 33.3 Å². The molecule has 0 atom stereocenters. The minimum Gasteiger partial charge on any atom is -0.496 e. The molecule has 0 saturated carbocycles. The molecule has 0 unspecified atom stereocenters. The molecule has 1 aromatic carbocycles. The molecule has 0 aliphatic heterocycles. The predicted molar refractivity (Wildman–Crippen MR) is 68.0 cm³/mol. The highest BCUT2D eigenvalue weighted by Crippen LogP contribution is 2.34. The summed E-state index contributed by atoms with van der Waals surface area (Å²) in [6.45, 7) is 0.607. The van der Waals surface area contributed by atoms with Crippen molar-refractivity contribution in [3.63, 3.8) is 0 Å². The summed E-state index contributed by atoms with van der Waals surface area (Å²) in [7, 11) is 6.54. The van der Waals surface area contributed by atoms with Crippen LogP contribution in [0, 0.1) is 11.5 Å². The first-order chi connectivity index (χ1) is 8.65. The van der Waals surface area contributed by atoms with Crippen LogP contribution in [0.2, 0.25) is 0 Å². The van der Waals surface area contributed by atoms with Gasteiger partial charge in [0.1, 0.15) is 17.2 Å². The van der Waals surface area contributed by atoms with Gasteiger partial charge in [0, 0.05) is 31.3 Å². The number of nitriles is 1. The third-order valence-electron chi connectivity index (χ3n) is 2.69. The van der Waals surface area contributed by atoms with E-state index in [0.717, 1.165) is 5.56 Å². The maximum atomic E-state index is 8.74. The van der Waals surface area contributed by atoms with Crippen LogP contribution < -0.4 is 14.2 Å². The molecule has 0 N–H and O–H groups in total. The van der Waals surface area contributed by atoms with Crippen molar-refractivity contribution in [1.82, 2.24) is 4.90 Å². The number of hydrogen-bond acceptors (Lipinski definition) is 5. The van der Waals surface area contributed by atoms with Crippen LogP contribution in [0.25, 0.3) is 0 Å². The minimum atomic E-state index is 0.607. The maximum absolute atomic E-state index is 8.74. The average Bonchev–Trinajstić information content (AvgIpc) is 2.43. The second-order valence-electron chi connectivity index (χ2n) is 3.78. The van der Waals surface area contributed by atoms with Crippen molar-refractivity contribution in [2.45, 2.75) is 6.42 Å². The first-order valence-corrected chi connectivity index (χ1v) is 5.56. The third kappa shape index (κ3) is 3.20. The number of benzene rings is 1. The minimum absolute atomic E-state index is 0.607. The molecule has 0 bridgehead atoms. The van der Waals surface area contributed by atoms with Crippen LogP contribution in [0.3, 0.4) is 0 Å². The van der Waals surface area contributed by atoms with Gasteiger partial charge in [0.2, 0.25) is 0 Å². The van der Waals surface area contributed by atoms with Gasteiger partial charge in [0.15, 0.2) is 6.19 Å². The Balaban J connectivity index is 3.04.